The molecule has 4 nitrogen and oxygen atoms in total. The minimum absolute atomic E-state index is 0.102. The third-order valence-electron chi connectivity index (χ3n) is 3.04. The van der Waals surface area contributed by atoms with Gasteiger partial charge in [-0.25, -0.2) is 8.42 Å². The number of hydrogen-bond donors (Lipinski definition) is 2. The summed E-state index contributed by atoms with van der Waals surface area (Å²) in [5.74, 6) is 0. The third kappa shape index (κ3) is 3.11. The van der Waals surface area contributed by atoms with Gasteiger partial charge in [0.25, 0.3) is 10.0 Å². The van der Waals surface area contributed by atoms with Gasteiger partial charge in [-0.15, -0.1) is 0 Å². The SMILES string of the molecule is CCc1cccc(NS(=O)(=O)c2ccc(C)cc2N)c1. The van der Waals surface area contributed by atoms with E-state index in [-0.39, 0.29) is 10.6 Å². The zero-order valence-corrected chi connectivity index (χ0v) is 12.4. The van der Waals surface area contributed by atoms with Crippen molar-refractivity contribution in [3.8, 4) is 0 Å². The van der Waals surface area contributed by atoms with Crippen molar-refractivity contribution in [1.29, 1.82) is 0 Å². The molecule has 0 saturated heterocycles. The monoisotopic (exact) mass is 290 g/mol. The van der Waals surface area contributed by atoms with Crippen molar-refractivity contribution in [3.63, 3.8) is 0 Å². The second-order valence-corrected chi connectivity index (χ2v) is 6.35. The maximum Gasteiger partial charge on any atom is 0.263 e. The average Bonchev–Trinajstić information content (AvgIpc) is 2.37. The largest absolute Gasteiger partial charge is 0.398 e. The third-order valence-corrected chi connectivity index (χ3v) is 4.50. The minimum atomic E-state index is -3.66. The van der Waals surface area contributed by atoms with Crippen molar-refractivity contribution in [2.75, 3.05) is 10.5 Å². The van der Waals surface area contributed by atoms with Gasteiger partial charge in [0.1, 0.15) is 4.90 Å². The van der Waals surface area contributed by atoms with Crippen molar-refractivity contribution in [1.82, 2.24) is 0 Å². The molecule has 0 aliphatic rings. The Hall–Kier alpha value is -2.01. The molecule has 0 unspecified atom stereocenters. The molecule has 20 heavy (non-hydrogen) atoms. The first-order chi connectivity index (χ1) is 9.42. The van der Waals surface area contributed by atoms with Gasteiger partial charge in [0, 0.05) is 5.69 Å². The van der Waals surface area contributed by atoms with Crippen LogP contribution in [-0.2, 0) is 16.4 Å². The Morgan fingerprint density at radius 2 is 1.90 bits per heavy atom. The van der Waals surface area contributed by atoms with Crippen LogP contribution in [0.15, 0.2) is 47.4 Å². The molecular formula is C15H18N2O2S. The number of benzene rings is 2. The van der Waals surface area contributed by atoms with Gasteiger partial charge in [-0.05, 0) is 48.7 Å². The fourth-order valence-electron chi connectivity index (χ4n) is 1.98. The Kier molecular flexibility index (Phi) is 3.99. The van der Waals surface area contributed by atoms with Crippen LogP contribution in [0.25, 0.3) is 0 Å². The molecule has 0 atom stereocenters. The molecule has 5 heteroatoms. The predicted octanol–water partition coefficient (Wildman–Crippen LogP) is 2.94. The van der Waals surface area contributed by atoms with Crippen molar-refractivity contribution in [3.05, 3.63) is 53.6 Å². The van der Waals surface area contributed by atoms with Gasteiger partial charge in [-0.3, -0.25) is 4.72 Å². The number of nitrogen functional groups attached to an aromatic ring is 1. The van der Waals surface area contributed by atoms with Crippen LogP contribution in [0.1, 0.15) is 18.1 Å². The fraction of sp³-hybridized carbons (Fsp3) is 0.200. The summed E-state index contributed by atoms with van der Waals surface area (Å²) in [7, 11) is -3.66. The van der Waals surface area contributed by atoms with E-state index in [4.69, 9.17) is 5.73 Å². The van der Waals surface area contributed by atoms with Crippen molar-refractivity contribution < 1.29 is 8.42 Å². The van der Waals surface area contributed by atoms with E-state index >= 15 is 0 Å². The van der Waals surface area contributed by atoms with E-state index in [1.807, 2.05) is 32.0 Å². The molecule has 0 heterocycles. The molecule has 0 aliphatic heterocycles. The van der Waals surface area contributed by atoms with E-state index < -0.39 is 10.0 Å². The van der Waals surface area contributed by atoms with E-state index in [0.717, 1.165) is 17.5 Å². The zero-order chi connectivity index (χ0) is 14.8. The van der Waals surface area contributed by atoms with Crippen molar-refractivity contribution in [2.24, 2.45) is 0 Å². The molecule has 0 spiro atoms. The molecule has 0 aliphatic carbocycles. The molecule has 3 N–H and O–H groups in total. The van der Waals surface area contributed by atoms with Gasteiger partial charge in [-0.2, -0.15) is 0 Å². The maximum atomic E-state index is 12.3. The topological polar surface area (TPSA) is 72.2 Å². The molecule has 0 saturated carbocycles. The molecular weight excluding hydrogens is 272 g/mol. The lowest BCUT2D eigenvalue weighted by molar-refractivity contribution is 0.601. The molecule has 0 fully saturated rings. The highest BCUT2D eigenvalue weighted by atomic mass is 32.2. The van der Waals surface area contributed by atoms with Crippen LogP contribution in [0, 0.1) is 6.92 Å². The number of nitrogens with one attached hydrogen (secondary N) is 1. The molecule has 0 amide bonds. The predicted molar refractivity (Wildman–Crippen MR) is 82.2 cm³/mol. The molecule has 0 bridgehead atoms. The number of anilines is 2. The normalized spacial score (nSPS) is 11.3. The summed E-state index contributed by atoms with van der Waals surface area (Å²) in [6.07, 6.45) is 0.849. The fourth-order valence-corrected chi connectivity index (χ4v) is 3.14. The Morgan fingerprint density at radius 3 is 2.55 bits per heavy atom. The molecule has 0 aromatic heterocycles. The van der Waals surface area contributed by atoms with Gasteiger partial charge >= 0.3 is 0 Å². The summed E-state index contributed by atoms with van der Waals surface area (Å²) < 4.78 is 27.2. The maximum absolute atomic E-state index is 12.3. The Bertz CT molecular complexity index is 724. The van der Waals surface area contributed by atoms with E-state index in [9.17, 15) is 8.42 Å². The first-order valence-corrected chi connectivity index (χ1v) is 7.88. The smallest absolute Gasteiger partial charge is 0.263 e. The first-order valence-electron chi connectivity index (χ1n) is 6.40. The molecule has 0 radical (unpaired) electrons. The lowest BCUT2D eigenvalue weighted by Gasteiger charge is -2.11. The Balaban J connectivity index is 2.35. The lowest BCUT2D eigenvalue weighted by Crippen LogP contribution is -2.15. The number of hydrogen-bond acceptors (Lipinski definition) is 3. The van der Waals surface area contributed by atoms with Gasteiger partial charge in [0.05, 0.1) is 5.69 Å². The van der Waals surface area contributed by atoms with E-state index in [2.05, 4.69) is 4.72 Å². The van der Waals surface area contributed by atoms with Gasteiger partial charge in [0.15, 0.2) is 0 Å². The zero-order valence-electron chi connectivity index (χ0n) is 11.6. The second-order valence-electron chi connectivity index (χ2n) is 4.70. The number of nitrogens with two attached hydrogens (primary N) is 1. The minimum Gasteiger partial charge on any atom is -0.398 e. The van der Waals surface area contributed by atoms with Crippen molar-refractivity contribution in [2.45, 2.75) is 25.2 Å². The molecule has 2 aromatic carbocycles. The summed E-state index contributed by atoms with van der Waals surface area (Å²) in [5, 5.41) is 0. The number of sulfonamides is 1. The Labute approximate surface area is 119 Å². The van der Waals surface area contributed by atoms with Crippen molar-refractivity contribution >= 4 is 21.4 Å². The van der Waals surface area contributed by atoms with E-state index in [0.29, 0.717) is 5.69 Å². The highest BCUT2D eigenvalue weighted by molar-refractivity contribution is 7.92. The van der Waals surface area contributed by atoms with Crippen LogP contribution in [-0.4, -0.2) is 8.42 Å². The number of rotatable bonds is 4. The molecule has 106 valence electrons. The van der Waals surface area contributed by atoms with Crippen LogP contribution >= 0.6 is 0 Å². The van der Waals surface area contributed by atoms with Gasteiger partial charge in [0.2, 0.25) is 0 Å². The highest BCUT2D eigenvalue weighted by Crippen LogP contribution is 2.23. The Morgan fingerprint density at radius 1 is 1.15 bits per heavy atom. The van der Waals surface area contributed by atoms with Crippen LogP contribution in [0.5, 0.6) is 0 Å². The van der Waals surface area contributed by atoms with E-state index in [1.54, 1.807) is 18.2 Å². The molecule has 2 rings (SSSR count). The summed E-state index contributed by atoms with van der Waals surface area (Å²) in [6.45, 7) is 3.89. The molecule has 2 aromatic rings. The lowest BCUT2D eigenvalue weighted by atomic mass is 10.1. The summed E-state index contributed by atoms with van der Waals surface area (Å²) in [4.78, 5) is 0.102. The van der Waals surface area contributed by atoms with Crippen LogP contribution in [0.3, 0.4) is 0 Å². The quantitative estimate of drug-likeness (QED) is 0.850. The summed E-state index contributed by atoms with van der Waals surface area (Å²) in [6, 6.07) is 12.2. The van der Waals surface area contributed by atoms with E-state index in [1.165, 1.54) is 6.07 Å². The van der Waals surface area contributed by atoms with Crippen LogP contribution in [0.2, 0.25) is 0 Å². The van der Waals surface area contributed by atoms with Crippen LogP contribution < -0.4 is 10.5 Å². The first kappa shape index (κ1) is 14.4. The summed E-state index contributed by atoms with van der Waals surface area (Å²) >= 11 is 0. The summed E-state index contributed by atoms with van der Waals surface area (Å²) in [5.41, 5.74) is 8.59. The van der Waals surface area contributed by atoms with Crippen LogP contribution in [0.4, 0.5) is 11.4 Å². The average molecular weight is 290 g/mol. The van der Waals surface area contributed by atoms with Gasteiger partial charge < -0.3 is 5.73 Å². The number of aryl methyl sites for hydroxylation is 2. The second kappa shape index (κ2) is 5.54. The highest BCUT2D eigenvalue weighted by Gasteiger charge is 2.17. The van der Waals surface area contributed by atoms with Gasteiger partial charge in [-0.1, -0.05) is 25.1 Å². The standard InChI is InChI=1S/C15H18N2O2S/c1-3-12-5-4-6-13(10-12)17-20(18,19)15-8-7-11(2)9-14(15)16/h4-10,17H,3,16H2,1-2H3.